The van der Waals surface area contributed by atoms with Crippen molar-refractivity contribution >= 4 is 21.6 Å². The zero-order valence-corrected chi connectivity index (χ0v) is 19.4. The molecule has 0 aliphatic carbocycles. The van der Waals surface area contributed by atoms with Crippen LogP contribution in [0.3, 0.4) is 0 Å². The van der Waals surface area contributed by atoms with Crippen molar-refractivity contribution in [3.05, 3.63) is 47.5 Å². The molecule has 2 aliphatic rings. The smallest absolute Gasteiger partial charge is 0.243 e. The fraction of sp³-hybridized carbons (Fsp3) is 0.458. The number of amides is 1. The van der Waals surface area contributed by atoms with Crippen LogP contribution in [0.1, 0.15) is 37.3 Å². The Morgan fingerprint density at radius 2 is 1.81 bits per heavy atom. The molecule has 32 heavy (non-hydrogen) atoms. The summed E-state index contributed by atoms with van der Waals surface area (Å²) in [5.74, 6) is 0.776. The molecule has 172 valence electrons. The van der Waals surface area contributed by atoms with Crippen LogP contribution in [0.25, 0.3) is 0 Å². The van der Waals surface area contributed by atoms with Gasteiger partial charge in [-0.15, -0.1) is 0 Å². The van der Waals surface area contributed by atoms with Crippen LogP contribution in [-0.2, 0) is 21.2 Å². The van der Waals surface area contributed by atoms with Crippen molar-refractivity contribution in [2.45, 2.75) is 44.4 Å². The van der Waals surface area contributed by atoms with Gasteiger partial charge in [0.1, 0.15) is 0 Å². The molecule has 0 unspecified atom stereocenters. The van der Waals surface area contributed by atoms with Crippen molar-refractivity contribution in [3.8, 4) is 11.5 Å². The summed E-state index contributed by atoms with van der Waals surface area (Å²) in [6.45, 7) is 5.72. The Bertz CT molecular complexity index is 1090. The molecular formula is C24H30N2O5S. The van der Waals surface area contributed by atoms with Gasteiger partial charge in [0, 0.05) is 37.2 Å². The molecule has 2 aromatic rings. The van der Waals surface area contributed by atoms with E-state index in [4.69, 9.17) is 9.47 Å². The van der Waals surface area contributed by atoms with E-state index in [1.54, 1.807) is 18.2 Å². The average molecular weight is 459 g/mol. The summed E-state index contributed by atoms with van der Waals surface area (Å²) in [6.07, 6.45) is 2.57. The minimum atomic E-state index is -3.67. The third-order valence-electron chi connectivity index (χ3n) is 6.17. The Morgan fingerprint density at radius 3 is 2.53 bits per heavy atom. The molecule has 0 atom stereocenters. The number of fused-ring (bicyclic) bond motifs is 1. The number of hydrogen-bond acceptors (Lipinski definition) is 5. The lowest BCUT2D eigenvalue weighted by Crippen LogP contribution is -2.41. The maximum Gasteiger partial charge on any atom is 0.243 e. The van der Waals surface area contributed by atoms with Crippen LogP contribution in [0.2, 0.25) is 0 Å². The van der Waals surface area contributed by atoms with E-state index >= 15 is 0 Å². The van der Waals surface area contributed by atoms with E-state index < -0.39 is 10.0 Å². The number of nitrogens with zero attached hydrogens (tertiary/aromatic N) is 1. The van der Waals surface area contributed by atoms with E-state index in [1.807, 2.05) is 25.1 Å². The molecule has 0 bridgehead atoms. The SMILES string of the molecule is CCc1cccc(C)c1NC(=O)C1CCN(S(=O)(=O)c2ccc3c(c2)OCCCO3)CC1. The zero-order chi connectivity index (χ0) is 22.7. The van der Waals surface area contributed by atoms with Crippen molar-refractivity contribution < 1.29 is 22.7 Å². The monoisotopic (exact) mass is 458 g/mol. The van der Waals surface area contributed by atoms with Crippen LogP contribution in [0, 0.1) is 12.8 Å². The van der Waals surface area contributed by atoms with Gasteiger partial charge in [-0.3, -0.25) is 4.79 Å². The zero-order valence-electron chi connectivity index (χ0n) is 18.6. The molecule has 0 aromatic heterocycles. The standard InChI is InChI=1S/C24H30N2O5S/c1-3-18-7-4-6-17(2)23(18)25-24(27)19-10-12-26(13-11-19)32(28,29)20-8-9-21-22(16-20)31-15-5-14-30-21/h4,6-9,16,19H,3,5,10-15H2,1-2H3,(H,25,27). The van der Waals surface area contributed by atoms with Crippen LogP contribution < -0.4 is 14.8 Å². The van der Waals surface area contributed by atoms with Crippen molar-refractivity contribution in [1.82, 2.24) is 4.31 Å². The van der Waals surface area contributed by atoms with E-state index in [9.17, 15) is 13.2 Å². The van der Waals surface area contributed by atoms with Gasteiger partial charge in [0.25, 0.3) is 0 Å². The molecular weight excluding hydrogens is 428 g/mol. The van der Waals surface area contributed by atoms with E-state index in [2.05, 4.69) is 12.2 Å². The summed E-state index contributed by atoms with van der Waals surface area (Å²) >= 11 is 0. The average Bonchev–Trinajstić information content (AvgIpc) is 3.05. The summed E-state index contributed by atoms with van der Waals surface area (Å²) in [5.41, 5.74) is 3.02. The predicted octanol–water partition coefficient (Wildman–Crippen LogP) is 3.76. The van der Waals surface area contributed by atoms with Crippen molar-refractivity contribution in [2.75, 3.05) is 31.6 Å². The lowest BCUT2D eigenvalue weighted by atomic mass is 9.96. The molecule has 0 spiro atoms. The molecule has 1 amide bonds. The number of piperidine rings is 1. The van der Waals surface area contributed by atoms with Crippen molar-refractivity contribution in [1.29, 1.82) is 0 Å². The summed E-state index contributed by atoms with van der Waals surface area (Å²) < 4.78 is 39.1. The molecule has 4 rings (SSSR count). The van der Waals surface area contributed by atoms with Gasteiger partial charge in [0.15, 0.2) is 11.5 Å². The maximum absolute atomic E-state index is 13.2. The van der Waals surface area contributed by atoms with E-state index in [0.29, 0.717) is 50.6 Å². The number of aryl methyl sites for hydroxylation is 2. The van der Waals surface area contributed by atoms with Crippen LogP contribution in [0.5, 0.6) is 11.5 Å². The first-order valence-electron chi connectivity index (χ1n) is 11.2. The summed E-state index contributed by atoms with van der Waals surface area (Å²) in [6, 6.07) is 10.8. The molecule has 2 aliphatic heterocycles. The Hall–Kier alpha value is -2.58. The summed E-state index contributed by atoms with van der Waals surface area (Å²) in [4.78, 5) is 13.1. The third-order valence-corrected chi connectivity index (χ3v) is 8.06. The van der Waals surface area contributed by atoms with Gasteiger partial charge in [-0.2, -0.15) is 4.31 Å². The highest BCUT2D eigenvalue weighted by molar-refractivity contribution is 7.89. The number of para-hydroxylation sites is 1. The lowest BCUT2D eigenvalue weighted by molar-refractivity contribution is -0.120. The molecule has 0 radical (unpaired) electrons. The van der Waals surface area contributed by atoms with Gasteiger partial charge in [0.2, 0.25) is 15.9 Å². The largest absolute Gasteiger partial charge is 0.490 e. The molecule has 1 fully saturated rings. The van der Waals surface area contributed by atoms with Crippen LogP contribution in [-0.4, -0.2) is 44.9 Å². The van der Waals surface area contributed by atoms with Crippen molar-refractivity contribution in [3.63, 3.8) is 0 Å². The van der Waals surface area contributed by atoms with E-state index in [-0.39, 0.29) is 16.7 Å². The van der Waals surface area contributed by atoms with E-state index in [0.717, 1.165) is 29.7 Å². The second-order valence-corrected chi connectivity index (χ2v) is 10.2. The highest BCUT2D eigenvalue weighted by Gasteiger charge is 2.33. The van der Waals surface area contributed by atoms with Gasteiger partial charge < -0.3 is 14.8 Å². The summed E-state index contributed by atoms with van der Waals surface area (Å²) in [7, 11) is -3.67. The van der Waals surface area contributed by atoms with Gasteiger partial charge in [-0.25, -0.2) is 8.42 Å². The predicted molar refractivity (Wildman–Crippen MR) is 123 cm³/mol. The number of nitrogens with one attached hydrogen (secondary N) is 1. The van der Waals surface area contributed by atoms with Crippen LogP contribution >= 0.6 is 0 Å². The Kier molecular flexibility index (Phi) is 6.71. The quantitative estimate of drug-likeness (QED) is 0.738. The number of sulfonamides is 1. The number of hydrogen-bond donors (Lipinski definition) is 1. The minimum Gasteiger partial charge on any atom is -0.490 e. The van der Waals surface area contributed by atoms with E-state index in [1.165, 1.54) is 4.31 Å². The van der Waals surface area contributed by atoms with Gasteiger partial charge in [0.05, 0.1) is 18.1 Å². The highest BCUT2D eigenvalue weighted by Crippen LogP contribution is 2.34. The van der Waals surface area contributed by atoms with Crippen molar-refractivity contribution in [2.24, 2.45) is 5.92 Å². The normalized spacial score (nSPS) is 17.6. The Labute approximate surface area is 189 Å². The fourth-order valence-corrected chi connectivity index (χ4v) is 5.72. The maximum atomic E-state index is 13.2. The Balaban J connectivity index is 1.42. The molecule has 1 saturated heterocycles. The number of rotatable bonds is 5. The first kappa shape index (κ1) is 22.6. The first-order chi connectivity index (χ1) is 15.4. The van der Waals surface area contributed by atoms with Crippen LogP contribution in [0.15, 0.2) is 41.3 Å². The molecule has 8 heteroatoms. The lowest BCUT2D eigenvalue weighted by Gasteiger charge is -2.31. The second-order valence-electron chi connectivity index (χ2n) is 8.29. The molecule has 1 N–H and O–H groups in total. The topological polar surface area (TPSA) is 84.9 Å². The molecule has 0 saturated carbocycles. The van der Waals surface area contributed by atoms with Crippen LogP contribution in [0.4, 0.5) is 5.69 Å². The minimum absolute atomic E-state index is 0.0402. The molecule has 2 heterocycles. The first-order valence-corrected chi connectivity index (χ1v) is 12.6. The number of anilines is 1. The number of ether oxygens (including phenoxy) is 2. The van der Waals surface area contributed by atoms with Gasteiger partial charge in [-0.05, 0) is 49.4 Å². The highest BCUT2D eigenvalue weighted by atomic mass is 32.2. The number of carbonyl (C=O) groups is 1. The van der Waals surface area contributed by atoms with Gasteiger partial charge in [-0.1, -0.05) is 25.1 Å². The molecule has 7 nitrogen and oxygen atoms in total. The summed E-state index contributed by atoms with van der Waals surface area (Å²) in [5, 5.41) is 3.09. The third kappa shape index (κ3) is 4.61. The second kappa shape index (κ2) is 9.50. The van der Waals surface area contributed by atoms with Gasteiger partial charge >= 0.3 is 0 Å². The number of benzene rings is 2. The fourth-order valence-electron chi connectivity index (χ4n) is 4.24. The molecule has 2 aromatic carbocycles. The number of carbonyl (C=O) groups excluding carboxylic acids is 1. The Morgan fingerprint density at radius 1 is 1.09 bits per heavy atom.